The summed E-state index contributed by atoms with van der Waals surface area (Å²) in [6.07, 6.45) is 4.54. The van der Waals surface area contributed by atoms with Gasteiger partial charge in [-0.2, -0.15) is 4.98 Å². The molecule has 28 heavy (non-hydrogen) atoms. The van der Waals surface area contributed by atoms with Crippen LogP contribution in [0.1, 0.15) is 36.1 Å². The molecule has 0 fully saturated rings. The molecule has 2 aliphatic rings. The third kappa shape index (κ3) is 2.75. The molecular weight excluding hydrogens is 379 g/mol. The second-order valence-electron chi connectivity index (χ2n) is 6.88. The summed E-state index contributed by atoms with van der Waals surface area (Å²) in [5.74, 6) is 1.10. The van der Waals surface area contributed by atoms with E-state index in [2.05, 4.69) is 15.4 Å². The Hall–Kier alpha value is -2.87. The first-order valence-electron chi connectivity index (χ1n) is 8.96. The second kappa shape index (κ2) is 6.63. The van der Waals surface area contributed by atoms with E-state index in [0.717, 1.165) is 17.0 Å². The molecule has 0 saturated heterocycles. The smallest absolute Gasteiger partial charge is 0.227 e. The topological polar surface area (TPSA) is 73.0 Å². The summed E-state index contributed by atoms with van der Waals surface area (Å²) in [6, 6.07) is 9.52. The minimum Gasteiger partial charge on any atom is -0.469 e. The third-order valence-corrected chi connectivity index (χ3v) is 5.75. The number of ketones is 1. The van der Waals surface area contributed by atoms with E-state index in [4.69, 9.17) is 4.42 Å². The van der Waals surface area contributed by atoms with Gasteiger partial charge in [0.15, 0.2) is 5.78 Å². The zero-order valence-corrected chi connectivity index (χ0v) is 15.9. The van der Waals surface area contributed by atoms with E-state index >= 15 is 0 Å². The Kier molecular flexibility index (Phi) is 4.08. The molecule has 0 amide bonds. The summed E-state index contributed by atoms with van der Waals surface area (Å²) in [6.45, 7) is 0. The van der Waals surface area contributed by atoms with Gasteiger partial charge in [-0.05, 0) is 42.5 Å². The van der Waals surface area contributed by atoms with Gasteiger partial charge in [0.1, 0.15) is 17.6 Å². The first-order valence-corrected chi connectivity index (χ1v) is 10.2. The molecule has 142 valence electrons. The number of furan rings is 1. The fourth-order valence-electron chi connectivity index (χ4n) is 3.96. The van der Waals surface area contributed by atoms with Crippen LogP contribution in [-0.2, 0) is 4.79 Å². The minimum absolute atomic E-state index is 0.0166. The van der Waals surface area contributed by atoms with Crippen molar-refractivity contribution in [2.45, 2.75) is 30.0 Å². The van der Waals surface area contributed by atoms with Crippen molar-refractivity contribution in [3.63, 3.8) is 0 Å². The first-order chi connectivity index (χ1) is 13.6. The number of thioether (sulfide) groups is 1. The summed E-state index contributed by atoms with van der Waals surface area (Å²) < 4.78 is 20.7. The number of benzene rings is 1. The maximum Gasteiger partial charge on any atom is 0.227 e. The largest absolute Gasteiger partial charge is 0.469 e. The van der Waals surface area contributed by atoms with Crippen LogP contribution < -0.4 is 5.32 Å². The molecule has 0 unspecified atom stereocenters. The van der Waals surface area contributed by atoms with Gasteiger partial charge in [0.2, 0.25) is 11.1 Å². The van der Waals surface area contributed by atoms with E-state index in [9.17, 15) is 9.18 Å². The molecule has 0 saturated carbocycles. The maximum absolute atomic E-state index is 13.5. The Morgan fingerprint density at radius 2 is 2.07 bits per heavy atom. The lowest BCUT2D eigenvalue weighted by molar-refractivity contribution is -0.117. The summed E-state index contributed by atoms with van der Waals surface area (Å²) in [5.41, 5.74) is 2.30. The molecule has 2 atom stereocenters. The highest BCUT2D eigenvalue weighted by molar-refractivity contribution is 7.98. The Balaban J connectivity index is 1.63. The lowest BCUT2D eigenvalue weighted by atomic mass is 9.79. The van der Waals surface area contributed by atoms with Crippen LogP contribution in [0.25, 0.3) is 0 Å². The standard InChI is InChI=1S/C20H17FN4O2S/c1-28-20-23-19-22-14-9-12(16-3-2-8-27-16)10-15(26)17(14)18(25(19)24-20)11-4-6-13(21)7-5-11/h2-8,12,18H,9-10H2,1H3,(H,22,23,24)/t12-,18+/m0/s1. The van der Waals surface area contributed by atoms with Crippen molar-refractivity contribution < 1.29 is 13.6 Å². The predicted molar refractivity (Wildman–Crippen MR) is 103 cm³/mol. The van der Waals surface area contributed by atoms with Crippen molar-refractivity contribution in [3.8, 4) is 0 Å². The number of Topliss-reactive ketones (excluding diaryl/α,β-unsaturated/α-hetero) is 1. The second-order valence-corrected chi connectivity index (χ2v) is 7.66. The molecule has 0 radical (unpaired) electrons. The zero-order valence-electron chi connectivity index (χ0n) is 15.1. The molecule has 5 rings (SSSR count). The fourth-order valence-corrected chi connectivity index (χ4v) is 4.30. The highest BCUT2D eigenvalue weighted by Crippen LogP contribution is 2.44. The highest BCUT2D eigenvalue weighted by Gasteiger charge is 2.40. The van der Waals surface area contributed by atoms with Crippen molar-refractivity contribution in [1.29, 1.82) is 0 Å². The molecule has 1 aromatic carbocycles. The molecule has 1 aliphatic heterocycles. The van der Waals surface area contributed by atoms with Crippen molar-refractivity contribution >= 4 is 23.5 Å². The van der Waals surface area contributed by atoms with Gasteiger partial charge in [-0.25, -0.2) is 9.07 Å². The number of carbonyl (C=O) groups is 1. The fraction of sp³-hybridized carbons (Fsp3) is 0.250. The van der Waals surface area contributed by atoms with Gasteiger partial charge in [-0.3, -0.25) is 4.79 Å². The number of allylic oxidation sites excluding steroid dienone is 2. The highest BCUT2D eigenvalue weighted by atomic mass is 32.2. The number of anilines is 1. The van der Waals surface area contributed by atoms with Crippen LogP contribution in [0.15, 0.2) is 63.5 Å². The molecule has 2 aromatic heterocycles. The molecule has 0 bridgehead atoms. The molecular formula is C20H17FN4O2S. The van der Waals surface area contributed by atoms with Crippen molar-refractivity contribution in [1.82, 2.24) is 14.8 Å². The van der Waals surface area contributed by atoms with Crippen LogP contribution in [0.2, 0.25) is 0 Å². The molecule has 3 aromatic rings. The summed E-state index contributed by atoms with van der Waals surface area (Å²) in [4.78, 5) is 17.7. The normalized spacial score (nSPS) is 21.3. The van der Waals surface area contributed by atoms with Gasteiger partial charge in [0.05, 0.1) is 6.26 Å². The van der Waals surface area contributed by atoms with Gasteiger partial charge in [0.25, 0.3) is 0 Å². The number of nitrogens with zero attached hydrogens (tertiary/aromatic N) is 3. The molecule has 0 spiro atoms. The monoisotopic (exact) mass is 396 g/mol. The summed E-state index contributed by atoms with van der Waals surface area (Å²) >= 11 is 1.43. The van der Waals surface area contributed by atoms with Crippen molar-refractivity contribution in [3.05, 3.63) is 71.1 Å². The molecule has 8 heteroatoms. The Labute approximate surface area is 164 Å². The number of carbonyl (C=O) groups excluding carboxylic acids is 1. The van der Waals surface area contributed by atoms with E-state index in [-0.39, 0.29) is 17.5 Å². The zero-order chi connectivity index (χ0) is 19.3. The van der Waals surface area contributed by atoms with Crippen LogP contribution in [-0.4, -0.2) is 26.8 Å². The summed E-state index contributed by atoms with van der Waals surface area (Å²) in [7, 11) is 0. The number of hydrogen-bond donors (Lipinski definition) is 1. The van der Waals surface area contributed by atoms with Gasteiger partial charge >= 0.3 is 0 Å². The van der Waals surface area contributed by atoms with Crippen LogP contribution in [0.4, 0.5) is 10.3 Å². The van der Waals surface area contributed by atoms with Gasteiger partial charge in [0, 0.05) is 23.6 Å². The Morgan fingerprint density at radius 3 is 2.79 bits per heavy atom. The van der Waals surface area contributed by atoms with Crippen molar-refractivity contribution in [2.24, 2.45) is 0 Å². The number of hydrogen-bond acceptors (Lipinski definition) is 6. The Bertz CT molecular complexity index is 1070. The van der Waals surface area contributed by atoms with Crippen LogP contribution >= 0.6 is 11.8 Å². The minimum atomic E-state index is -0.426. The van der Waals surface area contributed by atoms with Crippen LogP contribution in [0.5, 0.6) is 0 Å². The lowest BCUT2D eigenvalue weighted by Crippen LogP contribution is -2.33. The lowest BCUT2D eigenvalue weighted by Gasteiger charge is -2.34. The number of aromatic nitrogens is 3. The van der Waals surface area contributed by atoms with E-state index in [0.29, 0.717) is 29.5 Å². The van der Waals surface area contributed by atoms with Gasteiger partial charge < -0.3 is 9.73 Å². The van der Waals surface area contributed by atoms with Crippen LogP contribution in [0, 0.1) is 5.82 Å². The average Bonchev–Trinajstić information content (AvgIpc) is 3.36. The van der Waals surface area contributed by atoms with Crippen molar-refractivity contribution in [2.75, 3.05) is 11.6 Å². The summed E-state index contributed by atoms with van der Waals surface area (Å²) in [5, 5.41) is 8.47. The van der Waals surface area contributed by atoms with E-state index < -0.39 is 6.04 Å². The van der Waals surface area contributed by atoms with Crippen LogP contribution in [0.3, 0.4) is 0 Å². The first kappa shape index (κ1) is 17.2. The van der Waals surface area contributed by atoms with Gasteiger partial charge in [-0.15, -0.1) is 5.10 Å². The average molecular weight is 396 g/mol. The SMILES string of the molecule is CSc1nc2n(n1)[C@H](c1ccc(F)cc1)C1=C(C[C@H](c3ccco3)CC1=O)N2. The molecule has 3 heterocycles. The quantitative estimate of drug-likeness (QED) is 0.671. The molecule has 1 N–H and O–H groups in total. The third-order valence-electron chi connectivity index (χ3n) is 5.21. The van der Waals surface area contributed by atoms with E-state index in [1.807, 2.05) is 18.4 Å². The number of fused-ring (bicyclic) bond motifs is 1. The van der Waals surface area contributed by atoms with E-state index in [1.54, 1.807) is 23.1 Å². The maximum atomic E-state index is 13.5. The molecule has 6 nitrogen and oxygen atoms in total. The van der Waals surface area contributed by atoms with Gasteiger partial charge in [-0.1, -0.05) is 23.9 Å². The Morgan fingerprint density at radius 1 is 1.25 bits per heavy atom. The van der Waals surface area contributed by atoms with E-state index in [1.165, 1.54) is 23.9 Å². The number of nitrogens with one attached hydrogen (secondary N) is 1. The molecule has 1 aliphatic carbocycles. The predicted octanol–water partition coefficient (Wildman–Crippen LogP) is 4.15. The number of rotatable bonds is 3. The number of halogens is 1.